The highest BCUT2D eigenvalue weighted by Crippen LogP contribution is 2.19. The Morgan fingerprint density at radius 1 is 1.19 bits per heavy atom. The Morgan fingerprint density at radius 3 is 2.27 bits per heavy atom. The molecule has 0 aliphatic carbocycles. The summed E-state index contributed by atoms with van der Waals surface area (Å²) >= 11 is 0. The van der Waals surface area contributed by atoms with Gasteiger partial charge in [0.1, 0.15) is 11.4 Å². The van der Waals surface area contributed by atoms with E-state index < -0.39 is 23.7 Å². The lowest BCUT2D eigenvalue weighted by molar-refractivity contribution is -0.139. The monoisotopic (exact) mass is 364 g/mol. The van der Waals surface area contributed by atoms with Gasteiger partial charge < -0.3 is 24.8 Å². The zero-order valence-electron chi connectivity index (χ0n) is 15.2. The Hall–Kier alpha value is -2.77. The third-order valence-corrected chi connectivity index (χ3v) is 3.69. The summed E-state index contributed by atoms with van der Waals surface area (Å²) in [7, 11) is 0. The molecule has 0 aromatic heterocycles. The lowest BCUT2D eigenvalue weighted by atomic mass is 10.1. The van der Waals surface area contributed by atoms with Gasteiger partial charge >= 0.3 is 12.1 Å². The number of ether oxygens (including phenoxy) is 2. The molecule has 1 fully saturated rings. The van der Waals surface area contributed by atoms with E-state index in [9.17, 15) is 19.5 Å². The predicted molar refractivity (Wildman–Crippen MR) is 92.9 cm³/mol. The molecule has 1 saturated heterocycles. The van der Waals surface area contributed by atoms with Crippen LogP contribution in [0.2, 0.25) is 0 Å². The van der Waals surface area contributed by atoms with Gasteiger partial charge in [-0.3, -0.25) is 4.79 Å². The van der Waals surface area contributed by atoms with E-state index in [4.69, 9.17) is 9.47 Å². The number of carboxylic acid groups (broad SMARTS) is 1. The molecular formula is C18H24N2O6. The van der Waals surface area contributed by atoms with Crippen molar-refractivity contribution >= 4 is 18.0 Å². The zero-order valence-corrected chi connectivity index (χ0v) is 15.2. The first kappa shape index (κ1) is 19.6. The Morgan fingerprint density at radius 2 is 1.81 bits per heavy atom. The van der Waals surface area contributed by atoms with Crippen LogP contribution in [0.4, 0.5) is 4.79 Å². The number of rotatable bonds is 6. The molecule has 26 heavy (non-hydrogen) atoms. The van der Waals surface area contributed by atoms with Gasteiger partial charge in [0.2, 0.25) is 0 Å². The second kappa shape index (κ2) is 8.07. The molecule has 1 aliphatic heterocycles. The molecule has 2 N–H and O–H groups in total. The maximum absolute atomic E-state index is 11.8. The largest absolute Gasteiger partial charge is 0.484 e. The number of aliphatic carboxylic acids is 1. The van der Waals surface area contributed by atoms with Gasteiger partial charge in [0, 0.05) is 13.1 Å². The number of carboxylic acids is 1. The molecule has 2 amide bonds. The van der Waals surface area contributed by atoms with Crippen LogP contribution in [0.1, 0.15) is 38.8 Å². The number of amides is 2. The summed E-state index contributed by atoms with van der Waals surface area (Å²) in [6.07, 6.45) is 0.201. The average molecular weight is 364 g/mol. The van der Waals surface area contributed by atoms with Crippen LogP contribution in [0.3, 0.4) is 0 Å². The van der Waals surface area contributed by atoms with Gasteiger partial charge in [-0.05, 0) is 44.9 Å². The minimum absolute atomic E-state index is 0.0577. The molecule has 0 unspecified atom stereocenters. The number of hydrogen-bond acceptors (Lipinski definition) is 5. The third kappa shape index (κ3) is 5.65. The molecule has 2 rings (SSSR count). The molecule has 0 bridgehead atoms. The number of alkyl carbamates (subject to hydrolysis) is 1. The standard InChI is InChI=1S/C18H24N2O6/c1-18(2,3)26-17(24)19-15(16(22)23)12-5-7-13(8-6-12)25-11-14(21)20-9-4-10-20/h5-8,15H,4,9-11H2,1-3H3,(H,19,24)(H,22,23)/t15-/m1/s1. The van der Waals surface area contributed by atoms with Crippen molar-refractivity contribution in [1.82, 2.24) is 10.2 Å². The van der Waals surface area contributed by atoms with Crippen LogP contribution in [0, 0.1) is 0 Å². The fourth-order valence-corrected chi connectivity index (χ4v) is 2.27. The number of nitrogens with one attached hydrogen (secondary N) is 1. The van der Waals surface area contributed by atoms with Crippen LogP contribution in [0.15, 0.2) is 24.3 Å². The van der Waals surface area contributed by atoms with Crippen molar-refractivity contribution in [3.63, 3.8) is 0 Å². The summed E-state index contributed by atoms with van der Waals surface area (Å²) in [5.41, 5.74) is -0.363. The number of carbonyl (C=O) groups is 3. The average Bonchev–Trinajstić information content (AvgIpc) is 2.47. The van der Waals surface area contributed by atoms with Crippen molar-refractivity contribution in [2.75, 3.05) is 19.7 Å². The SMILES string of the molecule is CC(C)(C)OC(=O)N[C@@H](C(=O)O)c1ccc(OCC(=O)N2CCC2)cc1. The van der Waals surface area contributed by atoms with E-state index in [-0.39, 0.29) is 12.5 Å². The van der Waals surface area contributed by atoms with Crippen molar-refractivity contribution in [3.05, 3.63) is 29.8 Å². The minimum atomic E-state index is -1.25. The molecule has 1 aromatic rings. The quantitative estimate of drug-likeness (QED) is 0.799. The summed E-state index contributed by atoms with van der Waals surface area (Å²) in [4.78, 5) is 36.8. The summed E-state index contributed by atoms with van der Waals surface area (Å²) in [6, 6.07) is 4.93. The number of carbonyl (C=O) groups excluding carboxylic acids is 2. The number of benzene rings is 1. The number of likely N-dealkylation sites (tertiary alicyclic amines) is 1. The Bertz CT molecular complexity index is 661. The lowest BCUT2D eigenvalue weighted by Crippen LogP contribution is -2.44. The van der Waals surface area contributed by atoms with E-state index in [0.29, 0.717) is 11.3 Å². The van der Waals surface area contributed by atoms with Gasteiger partial charge in [0.05, 0.1) is 0 Å². The third-order valence-electron chi connectivity index (χ3n) is 3.69. The van der Waals surface area contributed by atoms with Crippen LogP contribution in [0.25, 0.3) is 0 Å². The highest BCUT2D eigenvalue weighted by atomic mass is 16.6. The van der Waals surface area contributed by atoms with Crippen LogP contribution < -0.4 is 10.1 Å². The van der Waals surface area contributed by atoms with E-state index >= 15 is 0 Å². The van der Waals surface area contributed by atoms with Crippen molar-refractivity contribution < 1.29 is 29.0 Å². The maximum atomic E-state index is 11.8. The van der Waals surface area contributed by atoms with Crippen LogP contribution in [0.5, 0.6) is 5.75 Å². The molecule has 8 heteroatoms. The van der Waals surface area contributed by atoms with Gasteiger partial charge in [-0.1, -0.05) is 12.1 Å². The molecular weight excluding hydrogens is 340 g/mol. The lowest BCUT2D eigenvalue weighted by Gasteiger charge is -2.30. The first-order chi connectivity index (χ1) is 12.2. The molecule has 0 saturated carbocycles. The number of nitrogens with zero attached hydrogens (tertiary/aromatic N) is 1. The zero-order chi connectivity index (χ0) is 19.3. The number of hydrogen-bond donors (Lipinski definition) is 2. The smallest absolute Gasteiger partial charge is 0.408 e. The van der Waals surface area contributed by atoms with Gasteiger partial charge in [0.15, 0.2) is 12.6 Å². The normalized spacial score (nSPS) is 14.8. The van der Waals surface area contributed by atoms with E-state index in [2.05, 4.69) is 5.32 Å². The first-order valence-electron chi connectivity index (χ1n) is 8.38. The first-order valence-corrected chi connectivity index (χ1v) is 8.38. The van der Waals surface area contributed by atoms with Gasteiger partial charge in [-0.15, -0.1) is 0 Å². The fraction of sp³-hybridized carbons (Fsp3) is 0.500. The van der Waals surface area contributed by atoms with Gasteiger partial charge in [0.25, 0.3) is 5.91 Å². The highest BCUT2D eigenvalue weighted by Gasteiger charge is 2.25. The van der Waals surface area contributed by atoms with Crippen molar-refractivity contribution in [1.29, 1.82) is 0 Å². The highest BCUT2D eigenvalue weighted by molar-refractivity contribution is 5.81. The summed E-state index contributed by atoms with van der Waals surface area (Å²) in [5.74, 6) is -0.836. The molecule has 142 valence electrons. The van der Waals surface area contributed by atoms with Crippen molar-refractivity contribution in [2.45, 2.75) is 38.8 Å². The Balaban J connectivity index is 1.95. The molecule has 1 aliphatic rings. The van der Waals surface area contributed by atoms with Gasteiger partial charge in [-0.2, -0.15) is 0 Å². The molecule has 1 atom stereocenters. The minimum Gasteiger partial charge on any atom is -0.484 e. The van der Waals surface area contributed by atoms with Gasteiger partial charge in [-0.25, -0.2) is 9.59 Å². The van der Waals surface area contributed by atoms with E-state index in [1.54, 1.807) is 37.8 Å². The summed E-state index contributed by atoms with van der Waals surface area (Å²) < 4.78 is 10.5. The summed E-state index contributed by atoms with van der Waals surface area (Å²) in [6.45, 7) is 6.54. The van der Waals surface area contributed by atoms with Crippen LogP contribution >= 0.6 is 0 Å². The Kier molecular flexibility index (Phi) is 6.07. The molecule has 1 aromatic carbocycles. The molecule has 1 heterocycles. The van der Waals surface area contributed by atoms with E-state index in [0.717, 1.165) is 19.5 Å². The van der Waals surface area contributed by atoms with E-state index in [1.165, 1.54) is 12.1 Å². The fourth-order valence-electron chi connectivity index (χ4n) is 2.27. The molecule has 0 spiro atoms. The second-order valence-corrected chi connectivity index (χ2v) is 7.01. The predicted octanol–water partition coefficient (Wildman–Crippen LogP) is 1.95. The molecule has 0 radical (unpaired) electrons. The summed E-state index contributed by atoms with van der Waals surface area (Å²) in [5, 5.41) is 11.7. The van der Waals surface area contributed by atoms with E-state index in [1.807, 2.05) is 0 Å². The van der Waals surface area contributed by atoms with Crippen LogP contribution in [-0.4, -0.2) is 53.3 Å². The maximum Gasteiger partial charge on any atom is 0.408 e. The van der Waals surface area contributed by atoms with Crippen LogP contribution in [-0.2, 0) is 14.3 Å². The molecule has 8 nitrogen and oxygen atoms in total. The Labute approximate surface area is 152 Å². The van der Waals surface area contributed by atoms with Crippen molar-refractivity contribution in [2.24, 2.45) is 0 Å². The topological polar surface area (TPSA) is 105 Å². The second-order valence-electron chi connectivity index (χ2n) is 7.01. The van der Waals surface area contributed by atoms with Crippen molar-refractivity contribution in [3.8, 4) is 5.75 Å².